The maximum atomic E-state index is 5.58. The fourth-order valence-corrected chi connectivity index (χ4v) is 1.68. The molecular weight excluding hydrogens is 300 g/mol. The third-order valence-corrected chi connectivity index (χ3v) is 2.85. The third kappa shape index (κ3) is 5.71. The van der Waals surface area contributed by atoms with E-state index in [1.807, 2.05) is 18.2 Å². The van der Waals surface area contributed by atoms with Gasteiger partial charge in [-0.1, -0.05) is 15.9 Å². The molecule has 18 heavy (non-hydrogen) atoms. The molecule has 0 amide bonds. The predicted octanol–water partition coefficient (Wildman–Crippen LogP) is 2.63. The minimum Gasteiger partial charge on any atom is -0.491 e. The SMILES string of the molecule is COCCOc1cc(CBr)cc(OCCOC)c1. The monoisotopic (exact) mass is 318 g/mol. The van der Waals surface area contributed by atoms with E-state index >= 15 is 0 Å². The van der Waals surface area contributed by atoms with Gasteiger partial charge in [0.05, 0.1) is 13.2 Å². The van der Waals surface area contributed by atoms with E-state index in [2.05, 4.69) is 15.9 Å². The first-order valence-corrected chi connectivity index (χ1v) is 6.85. The third-order valence-electron chi connectivity index (χ3n) is 2.21. The van der Waals surface area contributed by atoms with Crippen LogP contribution in [0.15, 0.2) is 18.2 Å². The largest absolute Gasteiger partial charge is 0.491 e. The molecule has 0 aliphatic heterocycles. The Kier molecular flexibility index (Phi) is 7.80. The molecule has 0 saturated heterocycles. The van der Waals surface area contributed by atoms with E-state index in [0.29, 0.717) is 26.4 Å². The van der Waals surface area contributed by atoms with Crippen LogP contribution in [-0.4, -0.2) is 40.6 Å². The molecule has 0 radical (unpaired) electrons. The Morgan fingerprint density at radius 3 is 1.72 bits per heavy atom. The second kappa shape index (κ2) is 9.19. The molecule has 0 spiro atoms. The Morgan fingerprint density at radius 2 is 1.33 bits per heavy atom. The molecule has 0 saturated carbocycles. The molecule has 0 atom stereocenters. The van der Waals surface area contributed by atoms with Gasteiger partial charge in [-0.05, 0) is 17.7 Å². The summed E-state index contributed by atoms with van der Waals surface area (Å²) in [5, 5.41) is 0.759. The summed E-state index contributed by atoms with van der Waals surface area (Å²) in [5.74, 6) is 1.58. The second-order valence-corrected chi connectivity index (χ2v) is 4.19. The van der Waals surface area contributed by atoms with Crippen molar-refractivity contribution in [2.45, 2.75) is 5.33 Å². The second-order valence-electron chi connectivity index (χ2n) is 3.63. The molecule has 0 fully saturated rings. The van der Waals surface area contributed by atoms with Gasteiger partial charge >= 0.3 is 0 Å². The number of hydrogen-bond acceptors (Lipinski definition) is 4. The van der Waals surface area contributed by atoms with Crippen molar-refractivity contribution < 1.29 is 18.9 Å². The van der Waals surface area contributed by atoms with Crippen LogP contribution in [0.1, 0.15) is 5.56 Å². The molecule has 0 aliphatic carbocycles. The zero-order valence-electron chi connectivity index (χ0n) is 10.8. The lowest BCUT2D eigenvalue weighted by Crippen LogP contribution is -2.06. The highest BCUT2D eigenvalue weighted by Crippen LogP contribution is 2.24. The van der Waals surface area contributed by atoms with E-state index in [-0.39, 0.29) is 0 Å². The topological polar surface area (TPSA) is 36.9 Å². The summed E-state index contributed by atoms with van der Waals surface area (Å²) in [6, 6.07) is 5.83. The van der Waals surface area contributed by atoms with E-state index in [0.717, 1.165) is 22.4 Å². The number of hydrogen-bond donors (Lipinski definition) is 0. The Labute approximate surface area is 116 Å². The summed E-state index contributed by atoms with van der Waals surface area (Å²) in [4.78, 5) is 0. The summed E-state index contributed by atoms with van der Waals surface area (Å²) in [6.45, 7) is 2.19. The van der Waals surface area contributed by atoms with Crippen LogP contribution < -0.4 is 9.47 Å². The molecule has 1 aromatic rings. The van der Waals surface area contributed by atoms with Crippen molar-refractivity contribution in [1.82, 2.24) is 0 Å². The van der Waals surface area contributed by atoms with Gasteiger partial charge in [0.15, 0.2) is 0 Å². The number of benzene rings is 1. The smallest absolute Gasteiger partial charge is 0.123 e. The van der Waals surface area contributed by atoms with Gasteiger partial charge in [-0.2, -0.15) is 0 Å². The van der Waals surface area contributed by atoms with Gasteiger partial charge < -0.3 is 18.9 Å². The zero-order chi connectivity index (χ0) is 13.2. The molecule has 0 unspecified atom stereocenters. The van der Waals surface area contributed by atoms with Crippen LogP contribution >= 0.6 is 15.9 Å². The van der Waals surface area contributed by atoms with E-state index in [1.165, 1.54) is 0 Å². The molecule has 1 rings (SSSR count). The molecule has 0 aromatic heterocycles. The van der Waals surface area contributed by atoms with Gasteiger partial charge in [0.25, 0.3) is 0 Å². The van der Waals surface area contributed by atoms with E-state index in [1.54, 1.807) is 14.2 Å². The minimum absolute atomic E-state index is 0.528. The van der Waals surface area contributed by atoms with Crippen molar-refractivity contribution >= 4 is 15.9 Å². The first-order chi connectivity index (χ1) is 8.80. The highest BCUT2D eigenvalue weighted by Gasteiger charge is 2.03. The predicted molar refractivity (Wildman–Crippen MR) is 73.8 cm³/mol. The van der Waals surface area contributed by atoms with E-state index < -0.39 is 0 Å². The molecule has 0 N–H and O–H groups in total. The molecule has 0 aliphatic rings. The van der Waals surface area contributed by atoms with Crippen LogP contribution in [0.3, 0.4) is 0 Å². The number of ether oxygens (including phenoxy) is 4. The molecule has 0 heterocycles. The van der Waals surface area contributed by atoms with Crippen molar-refractivity contribution in [3.05, 3.63) is 23.8 Å². The van der Waals surface area contributed by atoms with Crippen molar-refractivity contribution in [2.24, 2.45) is 0 Å². The quantitative estimate of drug-likeness (QED) is 0.518. The maximum Gasteiger partial charge on any atom is 0.123 e. The van der Waals surface area contributed by atoms with Gasteiger partial charge in [0, 0.05) is 25.6 Å². The van der Waals surface area contributed by atoms with Crippen LogP contribution in [0, 0.1) is 0 Å². The van der Waals surface area contributed by atoms with E-state index in [4.69, 9.17) is 18.9 Å². The normalized spacial score (nSPS) is 10.4. The Hall–Kier alpha value is -0.780. The molecule has 0 bridgehead atoms. The number of alkyl halides is 1. The first-order valence-electron chi connectivity index (χ1n) is 5.73. The van der Waals surface area contributed by atoms with Crippen molar-refractivity contribution in [3.63, 3.8) is 0 Å². The van der Waals surface area contributed by atoms with Gasteiger partial charge in [0.1, 0.15) is 24.7 Å². The Morgan fingerprint density at radius 1 is 0.833 bits per heavy atom. The fourth-order valence-electron chi connectivity index (χ4n) is 1.36. The zero-order valence-corrected chi connectivity index (χ0v) is 12.4. The van der Waals surface area contributed by atoms with Crippen molar-refractivity contribution in [1.29, 1.82) is 0 Å². The van der Waals surface area contributed by atoms with Crippen LogP contribution in [0.5, 0.6) is 11.5 Å². The fraction of sp³-hybridized carbons (Fsp3) is 0.538. The summed E-state index contributed by atoms with van der Waals surface area (Å²) >= 11 is 3.43. The number of halogens is 1. The van der Waals surface area contributed by atoms with Crippen molar-refractivity contribution in [2.75, 3.05) is 40.6 Å². The molecule has 1 aromatic carbocycles. The molecule has 4 nitrogen and oxygen atoms in total. The van der Waals surface area contributed by atoms with Crippen LogP contribution in [0.2, 0.25) is 0 Å². The highest BCUT2D eigenvalue weighted by atomic mass is 79.9. The molecule has 5 heteroatoms. The Balaban J connectivity index is 2.62. The number of methoxy groups -OCH3 is 2. The Bertz CT molecular complexity index is 316. The van der Waals surface area contributed by atoms with Crippen molar-refractivity contribution in [3.8, 4) is 11.5 Å². The van der Waals surface area contributed by atoms with Crippen LogP contribution in [0.25, 0.3) is 0 Å². The minimum atomic E-state index is 0.528. The number of rotatable bonds is 9. The van der Waals surface area contributed by atoms with Gasteiger partial charge in [-0.15, -0.1) is 0 Å². The molecule has 102 valence electrons. The average Bonchev–Trinajstić information content (AvgIpc) is 2.39. The lowest BCUT2D eigenvalue weighted by Gasteiger charge is -2.11. The van der Waals surface area contributed by atoms with Crippen LogP contribution in [0.4, 0.5) is 0 Å². The lowest BCUT2D eigenvalue weighted by atomic mass is 10.2. The average molecular weight is 319 g/mol. The summed E-state index contributed by atoms with van der Waals surface area (Å²) in [5.41, 5.74) is 1.11. The van der Waals surface area contributed by atoms with Crippen LogP contribution in [-0.2, 0) is 14.8 Å². The lowest BCUT2D eigenvalue weighted by molar-refractivity contribution is 0.142. The first kappa shape index (κ1) is 15.3. The summed E-state index contributed by atoms with van der Waals surface area (Å²) < 4.78 is 21.1. The summed E-state index contributed by atoms with van der Waals surface area (Å²) in [7, 11) is 3.30. The standard InChI is InChI=1S/C13H19BrO4/c1-15-3-5-17-12-7-11(10-14)8-13(9-12)18-6-4-16-2/h7-9H,3-6,10H2,1-2H3. The molecular formula is C13H19BrO4. The maximum absolute atomic E-state index is 5.58. The van der Waals surface area contributed by atoms with E-state index in [9.17, 15) is 0 Å². The highest BCUT2D eigenvalue weighted by molar-refractivity contribution is 9.08. The van der Waals surface area contributed by atoms with Gasteiger partial charge in [-0.3, -0.25) is 0 Å². The van der Waals surface area contributed by atoms with Gasteiger partial charge in [0.2, 0.25) is 0 Å². The summed E-state index contributed by atoms with van der Waals surface area (Å²) in [6.07, 6.45) is 0. The van der Waals surface area contributed by atoms with Gasteiger partial charge in [-0.25, -0.2) is 0 Å².